The van der Waals surface area contributed by atoms with Gasteiger partial charge in [-0.3, -0.25) is 14.5 Å². The lowest BCUT2D eigenvalue weighted by Crippen LogP contribution is -2.51. The number of thioether (sulfide) groups is 2. The molecule has 7 heteroatoms. The van der Waals surface area contributed by atoms with Crippen LogP contribution in [0.5, 0.6) is 0 Å². The van der Waals surface area contributed by atoms with Crippen molar-refractivity contribution in [2.75, 3.05) is 20.1 Å². The second-order valence-electron chi connectivity index (χ2n) is 6.62. The number of nitrogens with zero attached hydrogens (tertiary/aromatic N) is 1. The molecule has 132 valence electrons. The molecule has 2 atom stereocenters. The largest absolute Gasteiger partial charge is 0.302 e. The molecule has 0 bridgehead atoms. The molecule has 25 heavy (non-hydrogen) atoms. The summed E-state index contributed by atoms with van der Waals surface area (Å²) >= 11 is 9.55. The fourth-order valence-corrected chi connectivity index (χ4v) is 7.22. The fourth-order valence-electron chi connectivity index (χ4n) is 3.60. The normalized spacial score (nSPS) is 30.7. The summed E-state index contributed by atoms with van der Waals surface area (Å²) in [5, 5.41) is 4.63. The molecule has 1 aromatic carbocycles. The summed E-state index contributed by atoms with van der Waals surface area (Å²) in [6.07, 6.45) is 0.710. The van der Waals surface area contributed by atoms with Gasteiger partial charge in [0.2, 0.25) is 0 Å². The van der Waals surface area contributed by atoms with Crippen LogP contribution in [-0.4, -0.2) is 47.4 Å². The van der Waals surface area contributed by atoms with Crippen molar-refractivity contribution in [3.63, 3.8) is 0 Å². The number of halogens is 1. The highest BCUT2D eigenvalue weighted by atomic mass is 35.5. The standard InChI is InChI=1S/C18H19ClN2O2S2/c1-21-7-6-20-16-17(21)25-18(24-16)15-13(22)8-10(9-14(15)23)11-4-2-3-5-12(11)19/h2-5,10,16-17,20H,6-9H2,1H3. The van der Waals surface area contributed by atoms with E-state index in [2.05, 4.69) is 17.3 Å². The Labute approximate surface area is 160 Å². The Morgan fingerprint density at radius 2 is 1.88 bits per heavy atom. The molecule has 1 aromatic rings. The van der Waals surface area contributed by atoms with Gasteiger partial charge in [-0.25, -0.2) is 0 Å². The summed E-state index contributed by atoms with van der Waals surface area (Å²) in [6, 6.07) is 7.49. The topological polar surface area (TPSA) is 49.4 Å². The number of rotatable bonds is 1. The molecule has 3 aliphatic rings. The van der Waals surface area contributed by atoms with Crippen molar-refractivity contribution < 1.29 is 9.59 Å². The molecule has 1 saturated carbocycles. The first-order chi connectivity index (χ1) is 12.0. The van der Waals surface area contributed by atoms with Gasteiger partial charge in [-0.05, 0) is 24.6 Å². The van der Waals surface area contributed by atoms with E-state index in [1.165, 1.54) is 0 Å². The minimum Gasteiger partial charge on any atom is -0.302 e. The zero-order valence-electron chi connectivity index (χ0n) is 13.8. The van der Waals surface area contributed by atoms with E-state index in [4.69, 9.17) is 11.6 Å². The summed E-state index contributed by atoms with van der Waals surface area (Å²) in [5.41, 5.74) is 1.32. The highest BCUT2D eigenvalue weighted by molar-refractivity contribution is 8.26. The van der Waals surface area contributed by atoms with Crippen LogP contribution in [0.15, 0.2) is 34.1 Å². The Hall–Kier alpha value is -0.790. The fraction of sp³-hybridized carbons (Fsp3) is 0.444. The maximum Gasteiger partial charge on any atom is 0.168 e. The highest BCUT2D eigenvalue weighted by Gasteiger charge is 2.42. The number of allylic oxidation sites excluding steroid dienone is 1. The third-order valence-corrected chi connectivity index (χ3v) is 8.42. The molecule has 0 aromatic heterocycles. The average Bonchev–Trinajstić information content (AvgIpc) is 2.99. The van der Waals surface area contributed by atoms with E-state index in [1.807, 2.05) is 24.3 Å². The van der Waals surface area contributed by atoms with Crippen LogP contribution in [0.3, 0.4) is 0 Å². The number of carbonyl (C=O) groups excluding carboxylic acids is 2. The molecule has 4 nitrogen and oxygen atoms in total. The summed E-state index contributed by atoms with van der Waals surface area (Å²) in [4.78, 5) is 27.9. The Balaban J connectivity index is 1.58. The predicted octanol–water partition coefficient (Wildman–Crippen LogP) is 3.23. The highest BCUT2D eigenvalue weighted by Crippen LogP contribution is 2.51. The van der Waals surface area contributed by atoms with Crippen LogP contribution >= 0.6 is 35.1 Å². The number of hydrogen-bond acceptors (Lipinski definition) is 6. The molecule has 4 rings (SSSR count). The summed E-state index contributed by atoms with van der Waals surface area (Å²) < 4.78 is 0.892. The maximum atomic E-state index is 12.8. The summed E-state index contributed by atoms with van der Waals surface area (Å²) in [6.45, 7) is 1.91. The third-order valence-electron chi connectivity index (χ3n) is 4.94. The average molecular weight is 395 g/mol. The van der Waals surface area contributed by atoms with Crippen molar-refractivity contribution in [3.8, 4) is 0 Å². The van der Waals surface area contributed by atoms with Crippen LogP contribution in [0.1, 0.15) is 24.3 Å². The van der Waals surface area contributed by atoms with E-state index >= 15 is 0 Å². The molecule has 1 aliphatic carbocycles. The number of hydrogen-bond donors (Lipinski definition) is 1. The van der Waals surface area contributed by atoms with Gasteiger partial charge in [0, 0.05) is 31.0 Å². The van der Waals surface area contributed by atoms with Crippen molar-refractivity contribution >= 4 is 46.7 Å². The van der Waals surface area contributed by atoms with E-state index in [9.17, 15) is 9.59 Å². The lowest BCUT2D eigenvalue weighted by molar-refractivity contribution is -0.124. The van der Waals surface area contributed by atoms with E-state index in [1.54, 1.807) is 23.5 Å². The van der Waals surface area contributed by atoms with E-state index in [-0.39, 0.29) is 28.2 Å². The quantitative estimate of drug-likeness (QED) is 0.583. The lowest BCUT2D eigenvalue weighted by Gasteiger charge is -2.33. The van der Waals surface area contributed by atoms with Gasteiger partial charge in [0.1, 0.15) is 0 Å². The van der Waals surface area contributed by atoms with Gasteiger partial charge in [-0.15, -0.1) is 0 Å². The molecule has 2 saturated heterocycles. The minimum absolute atomic E-state index is 0.0440. The van der Waals surface area contributed by atoms with Crippen LogP contribution in [0.4, 0.5) is 0 Å². The van der Waals surface area contributed by atoms with Gasteiger partial charge in [0.25, 0.3) is 0 Å². The lowest BCUT2D eigenvalue weighted by atomic mass is 9.80. The first-order valence-corrected chi connectivity index (χ1v) is 10.5. The zero-order chi connectivity index (χ0) is 17.6. The Morgan fingerprint density at radius 3 is 2.56 bits per heavy atom. The van der Waals surface area contributed by atoms with Crippen molar-refractivity contribution in [1.29, 1.82) is 0 Å². The monoisotopic (exact) mass is 394 g/mol. The van der Waals surface area contributed by atoms with Crippen LogP contribution in [0, 0.1) is 0 Å². The second-order valence-corrected chi connectivity index (χ2v) is 9.56. The van der Waals surface area contributed by atoms with E-state index in [0.717, 1.165) is 22.9 Å². The SMILES string of the molecule is CN1CCNC2SC(=C3C(=O)CC(c4ccccc4Cl)CC3=O)SC21. The molecule has 2 unspecified atom stereocenters. The molecule has 2 heterocycles. The number of fused-ring (bicyclic) bond motifs is 1. The molecular weight excluding hydrogens is 376 g/mol. The molecule has 0 spiro atoms. The number of carbonyl (C=O) groups is 2. The first kappa shape index (κ1) is 17.6. The molecule has 3 fully saturated rings. The number of Topliss-reactive ketones (excluding diaryl/α,β-unsaturated/α-hetero) is 2. The van der Waals surface area contributed by atoms with E-state index in [0.29, 0.717) is 23.4 Å². The van der Waals surface area contributed by atoms with Gasteiger partial charge in [-0.1, -0.05) is 53.3 Å². The van der Waals surface area contributed by atoms with Gasteiger partial charge in [-0.2, -0.15) is 0 Å². The number of likely N-dealkylation sites (N-methyl/N-ethyl adjacent to an activating group) is 1. The van der Waals surface area contributed by atoms with Crippen molar-refractivity contribution in [2.24, 2.45) is 0 Å². The van der Waals surface area contributed by atoms with Gasteiger partial charge >= 0.3 is 0 Å². The Morgan fingerprint density at radius 1 is 1.16 bits per heavy atom. The van der Waals surface area contributed by atoms with Gasteiger partial charge in [0.05, 0.1) is 20.6 Å². The Bertz CT molecular complexity index is 747. The molecule has 1 N–H and O–H groups in total. The summed E-state index contributed by atoms with van der Waals surface area (Å²) in [5.74, 6) is -0.201. The predicted molar refractivity (Wildman–Crippen MR) is 104 cm³/mol. The molecular formula is C18H19ClN2O2S2. The van der Waals surface area contributed by atoms with Crippen LogP contribution < -0.4 is 5.32 Å². The van der Waals surface area contributed by atoms with Crippen LogP contribution in [0.2, 0.25) is 5.02 Å². The number of nitrogens with one attached hydrogen (secondary N) is 1. The number of benzene rings is 1. The zero-order valence-corrected chi connectivity index (χ0v) is 16.2. The number of piperazine rings is 1. The Kier molecular flexibility index (Phi) is 4.99. The maximum absolute atomic E-state index is 12.8. The van der Waals surface area contributed by atoms with Gasteiger partial charge in [0.15, 0.2) is 11.6 Å². The van der Waals surface area contributed by atoms with Crippen LogP contribution in [-0.2, 0) is 9.59 Å². The van der Waals surface area contributed by atoms with Gasteiger partial charge < -0.3 is 5.32 Å². The van der Waals surface area contributed by atoms with E-state index < -0.39 is 0 Å². The van der Waals surface area contributed by atoms with Crippen LogP contribution in [0.25, 0.3) is 0 Å². The van der Waals surface area contributed by atoms with Crippen molar-refractivity contribution in [3.05, 3.63) is 44.7 Å². The first-order valence-electron chi connectivity index (χ1n) is 8.36. The minimum atomic E-state index is -0.113. The third kappa shape index (κ3) is 3.30. The van der Waals surface area contributed by atoms with Crippen molar-refractivity contribution in [1.82, 2.24) is 10.2 Å². The smallest absolute Gasteiger partial charge is 0.168 e. The molecule has 0 amide bonds. The molecule has 2 aliphatic heterocycles. The second kappa shape index (κ2) is 7.08. The molecule has 0 radical (unpaired) electrons. The van der Waals surface area contributed by atoms with Crippen molar-refractivity contribution in [2.45, 2.75) is 29.5 Å². The summed E-state index contributed by atoms with van der Waals surface area (Å²) in [7, 11) is 2.09. The number of ketones is 2.